The molecule has 2 aromatic carbocycles. The Morgan fingerprint density at radius 2 is 1.81 bits per heavy atom. The van der Waals surface area contributed by atoms with Gasteiger partial charge in [-0.05, 0) is 56.4 Å². The summed E-state index contributed by atoms with van der Waals surface area (Å²) in [5.41, 5.74) is 1.42. The topological polar surface area (TPSA) is 84.9 Å². The molecule has 0 bridgehead atoms. The molecule has 31 heavy (non-hydrogen) atoms. The minimum absolute atomic E-state index is 0.337. The maximum absolute atomic E-state index is 12.9. The van der Waals surface area contributed by atoms with Crippen LogP contribution in [-0.2, 0) is 11.2 Å². The molecule has 0 aliphatic heterocycles. The molecular formula is C25H29NO5. The second-order valence-corrected chi connectivity index (χ2v) is 7.84. The Hall–Kier alpha value is -3.28. The number of ether oxygens (including phenoxy) is 2. The number of aliphatic carboxylic acids is 1. The van der Waals surface area contributed by atoms with E-state index < -0.39 is 17.4 Å². The van der Waals surface area contributed by atoms with Crippen molar-refractivity contribution >= 4 is 11.9 Å². The number of nitrogens with one attached hydrogen (secondary N) is 1. The van der Waals surface area contributed by atoms with Crippen molar-refractivity contribution in [2.75, 3.05) is 13.7 Å². The first-order valence-corrected chi connectivity index (χ1v) is 10.5. The fraction of sp³-hybridized carbons (Fsp3) is 0.360. The van der Waals surface area contributed by atoms with Crippen LogP contribution in [0, 0.1) is 6.92 Å². The third-order valence-electron chi connectivity index (χ3n) is 5.56. The van der Waals surface area contributed by atoms with Gasteiger partial charge in [0.05, 0.1) is 13.7 Å². The highest BCUT2D eigenvalue weighted by atomic mass is 16.5. The zero-order valence-corrected chi connectivity index (χ0v) is 18.0. The van der Waals surface area contributed by atoms with Crippen LogP contribution in [0.3, 0.4) is 0 Å². The number of carboxylic acids is 1. The summed E-state index contributed by atoms with van der Waals surface area (Å²) in [6.45, 7) is 2.47. The van der Waals surface area contributed by atoms with Gasteiger partial charge in [-0.25, -0.2) is 4.79 Å². The van der Waals surface area contributed by atoms with Crippen LogP contribution in [0.2, 0.25) is 0 Å². The van der Waals surface area contributed by atoms with Gasteiger partial charge >= 0.3 is 5.97 Å². The van der Waals surface area contributed by atoms with Crippen LogP contribution in [-0.4, -0.2) is 36.2 Å². The van der Waals surface area contributed by atoms with E-state index in [9.17, 15) is 14.7 Å². The summed E-state index contributed by atoms with van der Waals surface area (Å²) in [6.07, 6.45) is 6.59. The van der Waals surface area contributed by atoms with Crippen molar-refractivity contribution in [3.05, 3.63) is 71.3 Å². The number of benzene rings is 2. The number of carbonyl (C=O) groups is 2. The van der Waals surface area contributed by atoms with E-state index in [1.807, 2.05) is 37.3 Å². The molecule has 2 N–H and O–H groups in total. The molecule has 0 atom stereocenters. The van der Waals surface area contributed by atoms with Crippen LogP contribution < -0.4 is 14.8 Å². The number of hydrogen-bond acceptors (Lipinski definition) is 4. The van der Waals surface area contributed by atoms with E-state index in [1.165, 1.54) is 11.1 Å². The molecule has 0 aromatic heterocycles. The Bertz CT molecular complexity index is 956. The number of amides is 1. The minimum Gasteiger partial charge on any atom is -0.493 e. The lowest BCUT2D eigenvalue weighted by molar-refractivity contribution is -0.145. The highest BCUT2D eigenvalue weighted by Crippen LogP contribution is 2.30. The van der Waals surface area contributed by atoms with Gasteiger partial charge in [-0.3, -0.25) is 4.79 Å². The zero-order valence-electron chi connectivity index (χ0n) is 18.0. The molecule has 1 aliphatic rings. The molecule has 0 heterocycles. The van der Waals surface area contributed by atoms with Crippen molar-refractivity contribution in [3.8, 4) is 11.5 Å². The molecule has 1 amide bonds. The Balaban J connectivity index is 1.72. The van der Waals surface area contributed by atoms with Gasteiger partial charge in [0, 0.05) is 12.0 Å². The Morgan fingerprint density at radius 1 is 1.06 bits per heavy atom. The number of carbonyl (C=O) groups excluding carboxylic acids is 1. The first-order chi connectivity index (χ1) is 14.9. The Kier molecular flexibility index (Phi) is 7.34. The third kappa shape index (κ3) is 5.66. The summed E-state index contributed by atoms with van der Waals surface area (Å²) in [5.74, 6) is -0.467. The normalized spacial score (nSPS) is 15.0. The quantitative estimate of drug-likeness (QED) is 0.618. The number of hydrogen-bond donors (Lipinski definition) is 2. The van der Waals surface area contributed by atoms with E-state index in [4.69, 9.17) is 9.47 Å². The van der Waals surface area contributed by atoms with Crippen molar-refractivity contribution in [3.63, 3.8) is 0 Å². The lowest BCUT2D eigenvalue weighted by atomic mass is 9.89. The molecular weight excluding hydrogens is 394 g/mol. The lowest BCUT2D eigenvalue weighted by Crippen LogP contribution is -2.54. The predicted molar refractivity (Wildman–Crippen MR) is 119 cm³/mol. The van der Waals surface area contributed by atoms with Crippen LogP contribution in [0.4, 0.5) is 0 Å². The van der Waals surface area contributed by atoms with Crippen LogP contribution in [0.25, 0.3) is 0 Å². The third-order valence-corrected chi connectivity index (χ3v) is 5.56. The van der Waals surface area contributed by atoms with E-state index in [1.54, 1.807) is 25.3 Å². The molecule has 6 nitrogen and oxygen atoms in total. The van der Waals surface area contributed by atoms with E-state index in [2.05, 4.69) is 11.4 Å². The minimum atomic E-state index is -1.27. The molecule has 0 fully saturated rings. The number of aryl methyl sites for hydroxylation is 1. The van der Waals surface area contributed by atoms with Gasteiger partial charge < -0.3 is 19.9 Å². The van der Waals surface area contributed by atoms with Gasteiger partial charge in [0.25, 0.3) is 5.91 Å². The summed E-state index contributed by atoms with van der Waals surface area (Å²) in [7, 11) is 1.54. The van der Waals surface area contributed by atoms with Gasteiger partial charge in [-0.15, -0.1) is 0 Å². The Labute approximate surface area is 182 Å². The number of allylic oxidation sites excluding steroid dienone is 2. The van der Waals surface area contributed by atoms with Crippen LogP contribution >= 0.6 is 0 Å². The Morgan fingerprint density at radius 3 is 2.45 bits per heavy atom. The highest BCUT2D eigenvalue weighted by molar-refractivity contribution is 5.98. The summed E-state index contributed by atoms with van der Waals surface area (Å²) >= 11 is 0. The van der Waals surface area contributed by atoms with Gasteiger partial charge in [0.15, 0.2) is 11.5 Å². The van der Waals surface area contributed by atoms with Crippen LogP contribution in [0.1, 0.15) is 47.2 Å². The molecule has 6 heteroatoms. The summed E-state index contributed by atoms with van der Waals surface area (Å²) < 4.78 is 11.3. The number of methoxy groups -OCH3 is 1. The molecule has 0 radical (unpaired) electrons. The molecule has 0 unspecified atom stereocenters. The van der Waals surface area contributed by atoms with Gasteiger partial charge in [-0.1, -0.05) is 42.0 Å². The van der Waals surface area contributed by atoms with Crippen molar-refractivity contribution in [1.82, 2.24) is 5.32 Å². The predicted octanol–water partition coefficient (Wildman–Crippen LogP) is 4.31. The molecule has 0 saturated carbocycles. The number of rotatable bonds is 8. The summed E-state index contributed by atoms with van der Waals surface area (Å²) in [6, 6.07) is 13.1. The maximum Gasteiger partial charge on any atom is 0.329 e. The van der Waals surface area contributed by atoms with Gasteiger partial charge in [-0.2, -0.15) is 0 Å². The smallest absolute Gasteiger partial charge is 0.329 e. The molecule has 2 aromatic rings. The monoisotopic (exact) mass is 423 g/mol. The van der Waals surface area contributed by atoms with Crippen molar-refractivity contribution in [2.24, 2.45) is 0 Å². The lowest BCUT2D eigenvalue weighted by Gasteiger charge is -2.29. The fourth-order valence-corrected chi connectivity index (χ4v) is 3.78. The standard InChI is InChI=1S/C25H29NO5/c1-18-8-7-9-19(16-18)12-15-31-22-17-20(10-11-21(22)30-2)23(27)26-25(24(28)29)13-5-3-4-6-14-25/h3-4,7-11,16-17H,5-6,12-15H2,1-2H3,(H,26,27)(H,28,29). The summed E-state index contributed by atoms with van der Waals surface area (Å²) in [5, 5.41) is 12.6. The first kappa shape index (κ1) is 22.4. The largest absolute Gasteiger partial charge is 0.493 e. The van der Waals surface area contributed by atoms with Crippen molar-refractivity contribution < 1.29 is 24.2 Å². The average molecular weight is 424 g/mol. The SMILES string of the molecule is COc1ccc(C(=O)NC2(C(=O)O)CCC=CCC2)cc1OCCc1cccc(C)c1. The van der Waals surface area contributed by atoms with Gasteiger partial charge in [0.2, 0.25) is 0 Å². The second kappa shape index (κ2) is 10.2. The maximum atomic E-state index is 12.9. The first-order valence-electron chi connectivity index (χ1n) is 10.5. The van der Waals surface area contributed by atoms with Crippen LogP contribution in [0.5, 0.6) is 11.5 Å². The van der Waals surface area contributed by atoms with E-state index in [0.717, 1.165) is 6.42 Å². The van der Waals surface area contributed by atoms with E-state index in [-0.39, 0.29) is 0 Å². The zero-order chi connectivity index (χ0) is 22.3. The average Bonchev–Trinajstić information content (AvgIpc) is 3.00. The van der Waals surface area contributed by atoms with Crippen molar-refractivity contribution in [2.45, 2.75) is 44.6 Å². The van der Waals surface area contributed by atoms with Crippen molar-refractivity contribution in [1.29, 1.82) is 0 Å². The van der Waals surface area contributed by atoms with E-state index >= 15 is 0 Å². The second-order valence-electron chi connectivity index (χ2n) is 7.84. The molecule has 0 saturated heterocycles. The molecule has 164 valence electrons. The molecule has 3 rings (SSSR count). The molecule has 0 spiro atoms. The van der Waals surface area contributed by atoms with E-state index in [0.29, 0.717) is 49.4 Å². The summed E-state index contributed by atoms with van der Waals surface area (Å²) in [4.78, 5) is 24.9. The number of carboxylic acid groups (broad SMARTS) is 1. The molecule has 1 aliphatic carbocycles. The van der Waals surface area contributed by atoms with Crippen LogP contribution in [0.15, 0.2) is 54.6 Å². The highest BCUT2D eigenvalue weighted by Gasteiger charge is 2.39. The van der Waals surface area contributed by atoms with Gasteiger partial charge in [0.1, 0.15) is 5.54 Å². The fourth-order valence-electron chi connectivity index (χ4n) is 3.78.